The second-order valence-electron chi connectivity index (χ2n) is 20.7. The highest BCUT2D eigenvalue weighted by atomic mass is 16.3. The quantitative estimate of drug-likeness (QED) is 0.0420. The molecular formula is C67H119NO3. The van der Waals surface area contributed by atoms with Gasteiger partial charge in [0.1, 0.15) is 0 Å². The summed E-state index contributed by atoms with van der Waals surface area (Å²) in [4.78, 5) is 12.5. The summed E-state index contributed by atoms with van der Waals surface area (Å²) in [7, 11) is 0. The number of nitrogens with one attached hydrogen (secondary N) is 1. The maximum Gasteiger partial charge on any atom is 0.220 e. The first-order valence-electron chi connectivity index (χ1n) is 30.9. The average molecular weight is 987 g/mol. The van der Waals surface area contributed by atoms with E-state index in [-0.39, 0.29) is 12.5 Å². The minimum atomic E-state index is -0.663. The van der Waals surface area contributed by atoms with Crippen LogP contribution in [0.25, 0.3) is 0 Å². The first-order chi connectivity index (χ1) is 35.2. The fraction of sp³-hybridized carbons (Fsp3) is 0.746. The molecule has 0 aromatic carbocycles. The molecule has 1 amide bonds. The van der Waals surface area contributed by atoms with Crippen LogP contribution in [-0.4, -0.2) is 34.9 Å². The maximum absolute atomic E-state index is 12.5. The number of hydrogen-bond donors (Lipinski definition) is 3. The zero-order valence-corrected chi connectivity index (χ0v) is 47.2. The van der Waals surface area contributed by atoms with Crippen molar-refractivity contribution in [1.29, 1.82) is 0 Å². The summed E-state index contributed by atoms with van der Waals surface area (Å²) in [6, 6.07) is -0.540. The summed E-state index contributed by atoms with van der Waals surface area (Å²) in [5.41, 5.74) is 0. The lowest BCUT2D eigenvalue weighted by atomic mass is 10.0. The molecule has 4 nitrogen and oxygen atoms in total. The molecular weight excluding hydrogens is 867 g/mol. The molecule has 0 aliphatic heterocycles. The summed E-state index contributed by atoms with van der Waals surface area (Å²) >= 11 is 0. The van der Waals surface area contributed by atoms with Gasteiger partial charge < -0.3 is 15.5 Å². The Morgan fingerprint density at radius 3 is 0.930 bits per heavy atom. The Hall–Kier alpha value is -2.69. The van der Waals surface area contributed by atoms with Gasteiger partial charge in [0.15, 0.2) is 0 Å². The molecule has 2 unspecified atom stereocenters. The molecule has 410 valence electrons. The van der Waals surface area contributed by atoms with E-state index in [0.29, 0.717) is 12.8 Å². The number of carbonyl (C=O) groups excluding carboxylic acids is 1. The Balaban J connectivity index is 3.48. The number of carbonyl (C=O) groups is 1. The van der Waals surface area contributed by atoms with Crippen LogP contribution < -0.4 is 5.32 Å². The first-order valence-corrected chi connectivity index (χ1v) is 30.9. The molecule has 0 fully saturated rings. The van der Waals surface area contributed by atoms with Crippen LogP contribution in [0, 0.1) is 0 Å². The van der Waals surface area contributed by atoms with E-state index in [0.717, 1.165) is 77.0 Å². The Morgan fingerprint density at radius 2 is 0.620 bits per heavy atom. The molecule has 0 aromatic rings. The van der Waals surface area contributed by atoms with Crippen LogP contribution in [0.2, 0.25) is 0 Å². The van der Waals surface area contributed by atoms with Gasteiger partial charge in [0.05, 0.1) is 18.8 Å². The number of aliphatic hydroxyl groups is 2. The van der Waals surface area contributed by atoms with Crippen molar-refractivity contribution < 1.29 is 15.0 Å². The minimum Gasteiger partial charge on any atom is -0.394 e. The molecule has 0 saturated carbocycles. The van der Waals surface area contributed by atoms with Gasteiger partial charge in [-0.25, -0.2) is 0 Å². The highest BCUT2D eigenvalue weighted by molar-refractivity contribution is 5.76. The van der Waals surface area contributed by atoms with Crippen LogP contribution in [0.3, 0.4) is 0 Å². The topological polar surface area (TPSA) is 69.6 Å². The van der Waals surface area contributed by atoms with Crippen molar-refractivity contribution in [3.8, 4) is 0 Å². The van der Waals surface area contributed by atoms with E-state index in [1.54, 1.807) is 0 Å². The fourth-order valence-corrected chi connectivity index (χ4v) is 9.20. The van der Waals surface area contributed by atoms with E-state index in [9.17, 15) is 15.0 Å². The summed E-state index contributed by atoms with van der Waals surface area (Å²) in [5.74, 6) is -0.0304. The van der Waals surface area contributed by atoms with Gasteiger partial charge >= 0.3 is 0 Å². The fourth-order valence-electron chi connectivity index (χ4n) is 9.20. The van der Waals surface area contributed by atoms with Crippen molar-refractivity contribution in [2.45, 2.75) is 315 Å². The Kier molecular flexibility index (Phi) is 59.3. The molecule has 0 heterocycles. The number of allylic oxidation sites excluding steroid dienone is 16. The van der Waals surface area contributed by atoms with Gasteiger partial charge in [-0.05, 0) is 77.0 Å². The molecule has 0 radical (unpaired) electrons. The van der Waals surface area contributed by atoms with Crippen molar-refractivity contribution in [2.24, 2.45) is 0 Å². The molecule has 0 spiro atoms. The SMILES string of the molecule is CC/C=C\C/C=C\C/C=C\C/C=C\C/C=C\C/C=C\C/C=C\C/C=C\CCCCCCCCCCCCCCCCCCC(=O)NC(CO)C(O)CCCCCCCCCCCCCCCCCCCC. The Labute approximate surface area is 443 Å². The van der Waals surface area contributed by atoms with Crippen LogP contribution in [0.5, 0.6) is 0 Å². The van der Waals surface area contributed by atoms with Gasteiger partial charge in [-0.15, -0.1) is 0 Å². The largest absolute Gasteiger partial charge is 0.394 e. The normalized spacial score (nSPS) is 13.5. The molecule has 3 N–H and O–H groups in total. The second-order valence-corrected chi connectivity index (χ2v) is 20.7. The molecule has 0 aliphatic rings. The lowest BCUT2D eigenvalue weighted by Crippen LogP contribution is -2.45. The Bertz CT molecular complexity index is 1300. The number of amides is 1. The van der Waals surface area contributed by atoms with Crippen molar-refractivity contribution in [2.75, 3.05) is 6.61 Å². The standard InChI is InChI=1S/C67H119NO3/c1-3-5-7-9-11-13-15-17-19-21-23-24-25-26-27-28-29-30-31-32-33-34-35-36-37-38-39-40-41-42-43-44-45-47-49-51-53-55-57-59-61-63-67(71)68-65(64-69)66(70)62-60-58-56-54-52-50-48-46-22-20-18-16-14-12-10-8-6-4-2/h5,7,11,13,17,19,23-24,26-27,29-30,32-33,35-36,65-66,69-70H,3-4,6,8-10,12,14-16,18,20-22,25,28,31,34,37-64H2,1-2H3,(H,68,71)/b7-5-,13-11-,19-17-,24-23-,27-26-,30-29-,33-32-,36-35-. The van der Waals surface area contributed by atoms with E-state index in [2.05, 4.69) is 116 Å². The maximum atomic E-state index is 12.5. The number of unbranched alkanes of at least 4 members (excludes halogenated alkanes) is 33. The first kappa shape index (κ1) is 68.3. The predicted molar refractivity (Wildman–Crippen MR) is 317 cm³/mol. The van der Waals surface area contributed by atoms with Gasteiger partial charge in [0.25, 0.3) is 0 Å². The summed E-state index contributed by atoms with van der Waals surface area (Å²) in [6.07, 6.45) is 91.3. The molecule has 71 heavy (non-hydrogen) atoms. The molecule has 4 heteroatoms. The van der Waals surface area contributed by atoms with Gasteiger partial charge in [-0.2, -0.15) is 0 Å². The average Bonchev–Trinajstić information content (AvgIpc) is 3.37. The van der Waals surface area contributed by atoms with Crippen molar-refractivity contribution in [3.05, 3.63) is 97.2 Å². The second kappa shape index (κ2) is 61.6. The van der Waals surface area contributed by atoms with Crippen LogP contribution >= 0.6 is 0 Å². The third-order valence-corrected chi connectivity index (χ3v) is 13.9. The molecule has 0 aromatic heterocycles. The van der Waals surface area contributed by atoms with E-state index >= 15 is 0 Å². The lowest BCUT2D eigenvalue weighted by Gasteiger charge is -2.22. The van der Waals surface area contributed by atoms with Crippen LogP contribution in [0.1, 0.15) is 303 Å². The van der Waals surface area contributed by atoms with E-state index in [1.807, 2.05) is 0 Å². The van der Waals surface area contributed by atoms with Gasteiger partial charge in [0.2, 0.25) is 5.91 Å². The van der Waals surface area contributed by atoms with Crippen LogP contribution in [0.4, 0.5) is 0 Å². The van der Waals surface area contributed by atoms with Gasteiger partial charge in [0, 0.05) is 6.42 Å². The van der Waals surface area contributed by atoms with Crippen molar-refractivity contribution in [3.63, 3.8) is 0 Å². The lowest BCUT2D eigenvalue weighted by molar-refractivity contribution is -0.123. The van der Waals surface area contributed by atoms with Crippen LogP contribution in [-0.2, 0) is 4.79 Å². The number of hydrogen-bond acceptors (Lipinski definition) is 3. The monoisotopic (exact) mass is 986 g/mol. The number of aliphatic hydroxyl groups excluding tert-OH is 2. The summed E-state index contributed by atoms with van der Waals surface area (Å²) in [6.45, 7) is 4.26. The molecule has 0 bridgehead atoms. The van der Waals surface area contributed by atoms with E-state index < -0.39 is 12.1 Å². The smallest absolute Gasteiger partial charge is 0.220 e. The van der Waals surface area contributed by atoms with E-state index in [1.165, 1.54) is 199 Å². The molecule has 2 atom stereocenters. The van der Waals surface area contributed by atoms with E-state index in [4.69, 9.17) is 0 Å². The van der Waals surface area contributed by atoms with Gasteiger partial charge in [-0.1, -0.05) is 317 Å². The third-order valence-electron chi connectivity index (χ3n) is 13.9. The minimum absolute atomic E-state index is 0.0304. The molecule has 0 aliphatic carbocycles. The molecule has 0 saturated heterocycles. The summed E-state index contributed by atoms with van der Waals surface area (Å²) in [5, 5.41) is 23.4. The predicted octanol–water partition coefficient (Wildman–Crippen LogP) is 20.9. The third kappa shape index (κ3) is 58.1. The van der Waals surface area contributed by atoms with Crippen molar-refractivity contribution >= 4 is 5.91 Å². The molecule has 0 rings (SSSR count). The van der Waals surface area contributed by atoms with Gasteiger partial charge in [-0.3, -0.25) is 4.79 Å². The Morgan fingerprint density at radius 1 is 0.352 bits per heavy atom. The van der Waals surface area contributed by atoms with Crippen LogP contribution in [0.15, 0.2) is 97.2 Å². The zero-order chi connectivity index (χ0) is 51.3. The highest BCUT2D eigenvalue weighted by Crippen LogP contribution is 2.17. The highest BCUT2D eigenvalue weighted by Gasteiger charge is 2.20. The van der Waals surface area contributed by atoms with Crippen molar-refractivity contribution in [1.82, 2.24) is 5.32 Å². The zero-order valence-electron chi connectivity index (χ0n) is 47.2. The summed E-state index contributed by atoms with van der Waals surface area (Å²) < 4.78 is 0. The number of rotatable bonds is 56.